The first-order valence-electron chi connectivity index (χ1n) is 15.5. The monoisotopic (exact) mass is 622 g/mol. The second-order valence-electron chi connectivity index (χ2n) is 13.9. The first-order chi connectivity index (χ1) is 20.9. The quantitative estimate of drug-likeness (QED) is 0.210. The molecule has 1 aliphatic rings. The molecule has 0 fully saturated rings. The first kappa shape index (κ1) is 32.3. The molecule has 44 heavy (non-hydrogen) atoms. The van der Waals surface area contributed by atoms with Gasteiger partial charge >= 0.3 is 0 Å². The molecule has 6 heteroatoms. The zero-order chi connectivity index (χ0) is 31.6. The normalized spacial score (nSPS) is 21.3. The van der Waals surface area contributed by atoms with Gasteiger partial charge in [-0.2, -0.15) is 0 Å². The molecule has 4 aromatic carbocycles. The summed E-state index contributed by atoms with van der Waals surface area (Å²) in [6, 6.07) is 41.5. The molecule has 4 nitrogen and oxygen atoms in total. The van der Waals surface area contributed by atoms with Crippen LogP contribution >= 0.6 is 0 Å². The molecule has 4 aromatic rings. The Balaban J connectivity index is 1.58. The molecule has 0 saturated carbocycles. The van der Waals surface area contributed by atoms with E-state index in [1.54, 1.807) is 0 Å². The Morgan fingerprint density at radius 1 is 0.432 bits per heavy atom. The van der Waals surface area contributed by atoms with E-state index in [0.717, 1.165) is 20.7 Å². The summed E-state index contributed by atoms with van der Waals surface area (Å²) in [5.41, 5.74) is 0. The molecule has 1 aliphatic carbocycles. The molecule has 0 bridgehead atoms. The van der Waals surface area contributed by atoms with E-state index in [4.69, 9.17) is 8.85 Å². The van der Waals surface area contributed by atoms with Crippen molar-refractivity contribution in [3.8, 4) is 0 Å². The van der Waals surface area contributed by atoms with Crippen LogP contribution in [0.15, 0.2) is 133 Å². The van der Waals surface area contributed by atoms with Gasteiger partial charge in [0.25, 0.3) is 16.6 Å². The zero-order valence-corrected chi connectivity index (χ0v) is 28.7. The minimum atomic E-state index is -2.97. The summed E-state index contributed by atoms with van der Waals surface area (Å²) in [4.78, 5) is 0. The molecule has 230 valence electrons. The maximum atomic E-state index is 11.8. The summed E-state index contributed by atoms with van der Waals surface area (Å²) < 4.78 is 14.4. The summed E-state index contributed by atoms with van der Waals surface area (Å²) in [7, 11) is -5.93. The maximum Gasteiger partial charge on any atom is 0.262 e. The van der Waals surface area contributed by atoms with Crippen molar-refractivity contribution in [2.45, 2.75) is 76.0 Å². The minimum absolute atomic E-state index is 0.267. The summed E-state index contributed by atoms with van der Waals surface area (Å²) in [5, 5.41) is 27.6. The lowest BCUT2D eigenvalue weighted by Crippen LogP contribution is -2.70. The van der Waals surface area contributed by atoms with Crippen molar-refractivity contribution in [2.75, 3.05) is 0 Å². The fraction of sp³-hybridized carbons (Fsp3) is 0.316. The maximum absolute atomic E-state index is 11.8. The molecule has 0 unspecified atom stereocenters. The number of benzene rings is 4. The van der Waals surface area contributed by atoms with Crippen LogP contribution in [0, 0.1) is 0 Å². The number of hydrogen-bond donors (Lipinski definition) is 2. The van der Waals surface area contributed by atoms with Crippen molar-refractivity contribution in [1.29, 1.82) is 0 Å². The van der Waals surface area contributed by atoms with Crippen molar-refractivity contribution in [3.63, 3.8) is 0 Å². The van der Waals surface area contributed by atoms with Crippen LogP contribution in [0.3, 0.4) is 0 Å². The highest BCUT2D eigenvalue weighted by molar-refractivity contribution is 7.00. The van der Waals surface area contributed by atoms with Gasteiger partial charge in [-0.15, -0.1) is 0 Å². The predicted molar refractivity (Wildman–Crippen MR) is 186 cm³/mol. The van der Waals surface area contributed by atoms with Gasteiger partial charge in [0.15, 0.2) is 0 Å². The molecule has 0 heterocycles. The Morgan fingerprint density at radius 2 is 0.659 bits per heavy atom. The summed E-state index contributed by atoms with van der Waals surface area (Å²) in [5.74, 6) is 0. The highest BCUT2D eigenvalue weighted by Crippen LogP contribution is 2.41. The van der Waals surface area contributed by atoms with Crippen LogP contribution in [0.25, 0.3) is 0 Å². The first-order valence-corrected chi connectivity index (χ1v) is 19.4. The number of hydrogen-bond acceptors (Lipinski definition) is 4. The number of aliphatic hydroxyl groups excluding tert-OH is 2. The van der Waals surface area contributed by atoms with Crippen molar-refractivity contribution in [2.24, 2.45) is 0 Å². The highest BCUT2D eigenvalue weighted by Gasteiger charge is 2.55. The van der Waals surface area contributed by atoms with Crippen LogP contribution in [0.1, 0.15) is 41.5 Å². The number of rotatable bonds is 8. The lowest BCUT2D eigenvalue weighted by atomic mass is 9.96. The predicted octanol–water partition coefficient (Wildman–Crippen LogP) is 5.17. The molecule has 0 amide bonds. The second-order valence-corrected chi connectivity index (χ2v) is 22.4. The van der Waals surface area contributed by atoms with Crippen molar-refractivity contribution >= 4 is 37.4 Å². The van der Waals surface area contributed by atoms with E-state index in [1.165, 1.54) is 0 Å². The van der Waals surface area contributed by atoms with E-state index in [9.17, 15) is 10.2 Å². The third-order valence-electron chi connectivity index (χ3n) is 8.97. The van der Waals surface area contributed by atoms with Crippen molar-refractivity contribution in [3.05, 3.63) is 133 Å². The van der Waals surface area contributed by atoms with E-state index in [0.29, 0.717) is 0 Å². The van der Waals surface area contributed by atoms with Crippen molar-refractivity contribution in [1.82, 2.24) is 0 Å². The van der Waals surface area contributed by atoms with Gasteiger partial charge in [0.2, 0.25) is 0 Å². The van der Waals surface area contributed by atoms with Gasteiger partial charge in [0.05, 0.1) is 12.2 Å². The summed E-state index contributed by atoms with van der Waals surface area (Å²) in [6.07, 6.45) is 0.0543. The topological polar surface area (TPSA) is 58.9 Å². The summed E-state index contributed by atoms with van der Waals surface area (Å²) >= 11 is 0. The van der Waals surface area contributed by atoms with E-state index in [-0.39, 0.29) is 10.1 Å². The zero-order valence-electron chi connectivity index (χ0n) is 26.7. The van der Waals surface area contributed by atoms with Crippen LogP contribution in [-0.4, -0.2) is 51.3 Å². The lowest BCUT2D eigenvalue weighted by Gasteiger charge is -2.49. The standard InChI is InChI=1S/C38H46O4Si2/c1-37(2,3)43(29-19-11-7-12-20-29,30-21-13-8-14-22-30)41-33-27-28-34(36(40)35(33)39)42-44(38(4,5)6,31-23-15-9-16-24-31)32-25-17-10-18-26-32/h7-28,33-36,39-40H,1-6H3/t33-,34-,35-,36-/m0/s1. The smallest absolute Gasteiger partial charge is 0.262 e. The third-order valence-corrected chi connectivity index (χ3v) is 19.0. The minimum Gasteiger partial charge on any atom is -0.398 e. The number of aliphatic hydroxyl groups is 2. The van der Waals surface area contributed by atoms with Crippen molar-refractivity contribution < 1.29 is 19.1 Å². The Hall–Kier alpha value is -3.11. The molecule has 0 spiro atoms. The van der Waals surface area contributed by atoms with E-state index in [2.05, 4.69) is 90.1 Å². The molecule has 5 rings (SSSR count). The highest BCUT2D eigenvalue weighted by atomic mass is 28.4. The Bertz CT molecular complexity index is 1320. The van der Waals surface area contributed by atoms with E-state index >= 15 is 0 Å². The summed E-state index contributed by atoms with van der Waals surface area (Å²) in [6.45, 7) is 13.3. The van der Waals surface area contributed by atoms with Crippen LogP contribution in [-0.2, 0) is 8.85 Å². The van der Waals surface area contributed by atoms with Crippen LogP contribution < -0.4 is 20.7 Å². The largest absolute Gasteiger partial charge is 0.398 e. The molecule has 2 N–H and O–H groups in total. The molecular formula is C38H46O4Si2. The second kappa shape index (κ2) is 12.7. The lowest BCUT2D eigenvalue weighted by molar-refractivity contribution is -0.0800. The molecule has 0 aromatic heterocycles. The van der Waals surface area contributed by atoms with Gasteiger partial charge in [0, 0.05) is 0 Å². The molecule has 0 saturated heterocycles. The van der Waals surface area contributed by atoms with Gasteiger partial charge in [-0.1, -0.05) is 175 Å². The fourth-order valence-corrected chi connectivity index (χ4v) is 16.1. The van der Waals surface area contributed by atoms with Gasteiger partial charge in [-0.25, -0.2) is 0 Å². The fourth-order valence-electron chi connectivity index (χ4n) is 6.84. The average Bonchev–Trinajstić information content (AvgIpc) is 3.02. The average molecular weight is 623 g/mol. The van der Waals surface area contributed by atoms with Gasteiger partial charge in [-0.05, 0) is 30.8 Å². The van der Waals surface area contributed by atoms with E-state index < -0.39 is 41.1 Å². The molecule has 4 atom stereocenters. The Morgan fingerprint density at radius 3 is 0.864 bits per heavy atom. The third kappa shape index (κ3) is 5.83. The van der Waals surface area contributed by atoms with Crippen LogP contribution in [0.2, 0.25) is 10.1 Å². The van der Waals surface area contributed by atoms with Gasteiger partial charge in [-0.3, -0.25) is 0 Å². The van der Waals surface area contributed by atoms with Crippen LogP contribution in [0.5, 0.6) is 0 Å². The van der Waals surface area contributed by atoms with Gasteiger partial charge < -0.3 is 19.1 Å². The van der Waals surface area contributed by atoms with Crippen LogP contribution in [0.4, 0.5) is 0 Å². The Kier molecular flexibility index (Phi) is 9.33. The SMILES string of the molecule is CC(C)(C)[Si](O[C@H]1C=C[C@H](O[Si](c2ccccc2)(c2ccccc2)C(C)(C)C)[C@H](O)[C@H]1O)(c1ccccc1)c1ccccc1. The molecule has 0 radical (unpaired) electrons. The van der Waals surface area contributed by atoms with E-state index in [1.807, 2.05) is 84.9 Å². The Labute approximate surface area is 265 Å². The molecular weight excluding hydrogens is 577 g/mol. The molecule has 0 aliphatic heterocycles. The van der Waals surface area contributed by atoms with Gasteiger partial charge in [0.1, 0.15) is 12.2 Å².